The highest BCUT2D eigenvalue weighted by Gasteiger charge is 2.24. The van der Waals surface area contributed by atoms with Gasteiger partial charge in [-0.3, -0.25) is 4.79 Å². The molecule has 7 nitrogen and oxygen atoms in total. The van der Waals surface area contributed by atoms with Crippen LogP contribution < -0.4 is 15.8 Å². The average Bonchev–Trinajstić information content (AvgIpc) is 2.63. The first-order valence-electron chi connectivity index (χ1n) is 8.09. The number of piperidine rings is 1. The molecule has 0 bridgehead atoms. The third-order valence-electron chi connectivity index (χ3n) is 4.30. The van der Waals surface area contributed by atoms with Crippen molar-refractivity contribution in [3.63, 3.8) is 0 Å². The van der Waals surface area contributed by atoms with E-state index in [0.717, 1.165) is 31.6 Å². The first kappa shape index (κ1) is 16.0. The zero-order valence-corrected chi connectivity index (χ0v) is 13.6. The molecule has 1 fully saturated rings. The zero-order chi connectivity index (χ0) is 16.9. The van der Waals surface area contributed by atoms with Crippen LogP contribution in [0.2, 0.25) is 0 Å². The van der Waals surface area contributed by atoms with Gasteiger partial charge in [-0.1, -0.05) is 0 Å². The van der Waals surface area contributed by atoms with Gasteiger partial charge in [0.1, 0.15) is 17.7 Å². The van der Waals surface area contributed by atoms with Crippen LogP contribution in [0.1, 0.15) is 24.8 Å². The van der Waals surface area contributed by atoms with E-state index in [0.29, 0.717) is 17.9 Å². The Labute approximate surface area is 140 Å². The predicted molar refractivity (Wildman–Crippen MR) is 91.9 cm³/mol. The van der Waals surface area contributed by atoms with Gasteiger partial charge in [0.2, 0.25) is 0 Å². The van der Waals surface area contributed by atoms with Gasteiger partial charge in [0.15, 0.2) is 0 Å². The topological polar surface area (TPSA) is 86.8 Å². The second-order valence-electron chi connectivity index (χ2n) is 5.89. The number of aromatic nitrogens is 3. The van der Waals surface area contributed by atoms with Gasteiger partial charge in [0, 0.05) is 38.4 Å². The lowest BCUT2D eigenvalue weighted by Crippen LogP contribution is -2.45. The molecule has 1 atom stereocenters. The quantitative estimate of drug-likeness (QED) is 0.917. The van der Waals surface area contributed by atoms with E-state index in [4.69, 9.17) is 5.26 Å². The third kappa shape index (κ3) is 3.38. The summed E-state index contributed by atoms with van der Waals surface area (Å²) in [6, 6.07) is 9.24. The Morgan fingerprint density at radius 1 is 1.38 bits per heavy atom. The van der Waals surface area contributed by atoms with Crippen LogP contribution in [-0.4, -0.2) is 33.9 Å². The fourth-order valence-corrected chi connectivity index (χ4v) is 3.01. The lowest BCUT2D eigenvalue weighted by Gasteiger charge is -2.36. The number of pyridine rings is 1. The lowest BCUT2D eigenvalue weighted by atomic mass is 10.0. The van der Waals surface area contributed by atoms with Gasteiger partial charge in [0.25, 0.3) is 5.56 Å². The Hall–Kier alpha value is -2.88. The molecule has 0 saturated carbocycles. The SMILES string of the molecule is Cn1nc(N2CCCCC2CNc2ncccc2C#N)ccc1=O. The number of nitriles is 1. The first-order valence-corrected chi connectivity index (χ1v) is 8.09. The van der Waals surface area contributed by atoms with Crippen molar-refractivity contribution in [3.05, 3.63) is 46.4 Å². The summed E-state index contributed by atoms with van der Waals surface area (Å²) in [5.74, 6) is 1.42. The van der Waals surface area contributed by atoms with E-state index >= 15 is 0 Å². The molecule has 1 aliphatic rings. The minimum atomic E-state index is -0.113. The van der Waals surface area contributed by atoms with E-state index in [-0.39, 0.29) is 11.6 Å². The Morgan fingerprint density at radius 2 is 2.25 bits per heavy atom. The fraction of sp³-hybridized carbons (Fsp3) is 0.412. The molecule has 0 amide bonds. The van der Waals surface area contributed by atoms with Gasteiger partial charge in [-0.05, 0) is 37.5 Å². The van der Waals surface area contributed by atoms with Gasteiger partial charge in [-0.15, -0.1) is 0 Å². The third-order valence-corrected chi connectivity index (χ3v) is 4.30. The lowest BCUT2D eigenvalue weighted by molar-refractivity contribution is 0.464. The maximum atomic E-state index is 11.5. The molecule has 1 unspecified atom stereocenters. The monoisotopic (exact) mass is 324 g/mol. The molecule has 3 heterocycles. The van der Waals surface area contributed by atoms with Crippen LogP contribution in [-0.2, 0) is 7.05 Å². The van der Waals surface area contributed by atoms with Crippen molar-refractivity contribution in [2.75, 3.05) is 23.3 Å². The van der Waals surface area contributed by atoms with Crippen LogP contribution in [0.15, 0.2) is 35.3 Å². The van der Waals surface area contributed by atoms with Gasteiger partial charge in [-0.25, -0.2) is 9.67 Å². The molecular formula is C17H20N6O. The summed E-state index contributed by atoms with van der Waals surface area (Å²) in [7, 11) is 1.66. The largest absolute Gasteiger partial charge is 0.367 e. The highest BCUT2D eigenvalue weighted by atomic mass is 16.1. The second-order valence-corrected chi connectivity index (χ2v) is 5.89. The molecule has 0 aromatic carbocycles. The molecule has 24 heavy (non-hydrogen) atoms. The molecule has 1 N–H and O–H groups in total. The predicted octanol–water partition coefficient (Wildman–Crippen LogP) is 1.52. The summed E-state index contributed by atoms with van der Waals surface area (Å²) in [5.41, 5.74) is 0.428. The minimum absolute atomic E-state index is 0.113. The van der Waals surface area contributed by atoms with Gasteiger partial charge < -0.3 is 10.2 Å². The maximum Gasteiger partial charge on any atom is 0.266 e. The summed E-state index contributed by atoms with van der Waals surface area (Å²) in [4.78, 5) is 18.0. The molecule has 0 aliphatic carbocycles. The van der Waals surface area contributed by atoms with E-state index in [2.05, 4.69) is 26.4 Å². The van der Waals surface area contributed by atoms with Crippen molar-refractivity contribution in [1.82, 2.24) is 14.8 Å². The molecule has 1 saturated heterocycles. The number of nitrogens with zero attached hydrogens (tertiary/aromatic N) is 5. The summed E-state index contributed by atoms with van der Waals surface area (Å²) in [6.45, 7) is 1.58. The van der Waals surface area contributed by atoms with Crippen LogP contribution in [0.25, 0.3) is 0 Å². The van der Waals surface area contributed by atoms with E-state index in [1.54, 1.807) is 37.5 Å². The highest BCUT2D eigenvalue weighted by molar-refractivity contribution is 5.51. The summed E-state index contributed by atoms with van der Waals surface area (Å²) >= 11 is 0. The summed E-state index contributed by atoms with van der Waals surface area (Å²) in [5, 5.41) is 16.8. The molecule has 0 spiro atoms. The maximum absolute atomic E-state index is 11.5. The Kier molecular flexibility index (Phi) is 4.75. The number of nitrogens with one attached hydrogen (secondary N) is 1. The standard InChI is InChI=1S/C17H20N6O/c1-22-16(24)8-7-15(21-22)23-10-3-2-6-14(23)12-20-17-13(11-18)5-4-9-19-17/h4-5,7-9,14H,2-3,6,10,12H2,1H3,(H,19,20). The molecule has 124 valence electrons. The van der Waals surface area contributed by atoms with E-state index in [1.165, 1.54) is 4.68 Å². The number of rotatable bonds is 4. The van der Waals surface area contributed by atoms with E-state index in [1.807, 2.05) is 0 Å². The van der Waals surface area contributed by atoms with E-state index < -0.39 is 0 Å². The van der Waals surface area contributed by atoms with E-state index in [9.17, 15) is 4.79 Å². The van der Waals surface area contributed by atoms with Crippen molar-refractivity contribution in [3.8, 4) is 6.07 Å². The van der Waals surface area contributed by atoms with Crippen LogP contribution in [0, 0.1) is 11.3 Å². The van der Waals surface area contributed by atoms with Crippen molar-refractivity contribution in [2.24, 2.45) is 7.05 Å². The number of aryl methyl sites for hydroxylation is 1. The Balaban J connectivity index is 1.76. The number of anilines is 2. The van der Waals surface area contributed by atoms with Crippen molar-refractivity contribution in [1.29, 1.82) is 5.26 Å². The van der Waals surface area contributed by atoms with Crippen molar-refractivity contribution in [2.45, 2.75) is 25.3 Å². The van der Waals surface area contributed by atoms with Crippen molar-refractivity contribution < 1.29 is 0 Å². The van der Waals surface area contributed by atoms with Gasteiger partial charge in [-0.2, -0.15) is 10.4 Å². The molecule has 2 aromatic heterocycles. The first-order chi connectivity index (χ1) is 11.7. The second kappa shape index (κ2) is 7.13. The van der Waals surface area contributed by atoms with Gasteiger partial charge >= 0.3 is 0 Å². The normalized spacial score (nSPS) is 17.3. The van der Waals surface area contributed by atoms with Crippen LogP contribution in [0.3, 0.4) is 0 Å². The number of hydrogen-bond donors (Lipinski definition) is 1. The van der Waals surface area contributed by atoms with Crippen LogP contribution in [0.4, 0.5) is 11.6 Å². The smallest absolute Gasteiger partial charge is 0.266 e. The summed E-state index contributed by atoms with van der Waals surface area (Å²) < 4.78 is 1.36. The molecule has 3 rings (SSSR count). The molecule has 2 aromatic rings. The highest BCUT2D eigenvalue weighted by Crippen LogP contribution is 2.23. The van der Waals surface area contributed by atoms with Crippen LogP contribution in [0.5, 0.6) is 0 Å². The number of hydrogen-bond acceptors (Lipinski definition) is 6. The fourth-order valence-electron chi connectivity index (χ4n) is 3.01. The van der Waals surface area contributed by atoms with Crippen molar-refractivity contribution >= 4 is 11.6 Å². The Morgan fingerprint density at radius 3 is 3.04 bits per heavy atom. The molecule has 1 aliphatic heterocycles. The molecule has 0 radical (unpaired) electrons. The molecular weight excluding hydrogens is 304 g/mol. The molecule has 7 heteroatoms. The minimum Gasteiger partial charge on any atom is -0.367 e. The van der Waals surface area contributed by atoms with Crippen LogP contribution >= 0.6 is 0 Å². The summed E-state index contributed by atoms with van der Waals surface area (Å²) in [6.07, 6.45) is 4.97. The average molecular weight is 324 g/mol. The van der Waals surface area contributed by atoms with Gasteiger partial charge in [0.05, 0.1) is 5.56 Å². The zero-order valence-electron chi connectivity index (χ0n) is 13.6. The Bertz CT molecular complexity index is 809.